The number of halogens is 1. The van der Waals surface area contributed by atoms with Gasteiger partial charge in [-0.05, 0) is 20.8 Å². The molecule has 0 spiro atoms. The van der Waals surface area contributed by atoms with Crippen molar-refractivity contribution in [3.8, 4) is 0 Å². The zero-order valence-corrected chi connectivity index (χ0v) is 11.8. The third-order valence-corrected chi connectivity index (χ3v) is 3.95. The van der Waals surface area contributed by atoms with E-state index in [1.54, 1.807) is 4.68 Å². The Bertz CT molecular complexity index is 457. The van der Waals surface area contributed by atoms with E-state index in [0.717, 1.165) is 31.0 Å². The van der Waals surface area contributed by atoms with Gasteiger partial charge in [-0.15, -0.1) is 0 Å². The summed E-state index contributed by atoms with van der Waals surface area (Å²) in [6.45, 7) is 8.52. The van der Waals surface area contributed by atoms with Crippen LogP contribution in [0, 0.1) is 13.8 Å². The lowest BCUT2D eigenvalue weighted by Gasteiger charge is -2.34. The number of piperazine rings is 1. The summed E-state index contributed by atoms with van der Waals surface area (Å²) in [4.78, 5) is 14.1. The maximum Gasteiger partial charge on any atom is 0.244 e. The molecule has 1 fully saturated rings. The van der Waals surface area contributed by atoms with Crippen LogP contribution < -0.4 is 5.32 Å². The quantitative estimate of drug-likeness (QED) is 0.871. The molecule has 1 aliphatic heterocycles. The summed E-state index contributed by atoms with van der Waals surface area (Å²) < 4.78 is 1.69. The van der Waals surface area contributed by atoms with Crippen molar-refractivity contribution in [3.05, 3.63) is 16.4 Å². The Morgan fingerprint density at radius 3 is 2.83 bits per heavy atom. The van der Waals surface area contributed by atoms with Crippen molar-refractivity contribution in [1.82, 2.24) is 20.0 Å². The molecule has 5 nitrogen and oxygen atoms in total. The summed E-state index contributed by atoms with van der Waals surface area (Å²) in [7, 11) is 0. The molecule has 0 aliphatic carbocycles. The highest BCUT2D eigenvalue weighted by Crippen LogP contribution is 2.19. The highest BCUT2D eigenvalue weighted by Gasteiger charge is 2.24. The SMILES string of the molecule is Cc1nn(CC(=O)N2CCNCC2C)c(C)c1Cl. The number of carbonyl (C=O) groups is 1. The Morgan fingerprint density at radius 2 is 2.28 bits per heavy atom. The monoisotopic (exact) mass is 270 g/mol. The van der Waals surface area contributed by atoms with Crippen LogP contribution >= 0.6 is 11.6 Å². The van der Waals surface area contributed by atoms with Gasteiger partial charge in [-0.3, -0.25) is 9.48 Å². The van der Waals surface area contributed by atoms with E-state index in [9.17, 15) is 4.79 Å². The van der Waals surface area contributed by atoms with Gasteiger partial charge in [-0.25, -0.2) is 0 Å². The summed E-state index contributed by atoms with van der Waals surface area (Å²) in [5.41, 5.74) is 1.63. The molecular weight excluding hydrogens is 252 g/mol. The fourth-order valence-electron chi connectivity index (χ4n) is 2.26. The summed E-state index contributed by atoms with van der Waals surface area (Å²) in [5, 5.41) is 8.21. The van der Waals surface area contributed by atoms with Crippen molar-refractivity contribution in [1.29, 1.82) is 0 Å². The molecular formula is C12H19ClN4O. The van der Waals surface area contributed by atoms with Gasteiger partial charge in [-0.1, -0.05) is 11.6 Å². The van der Waals surface area contributed by atoms with Crippen molar-refractivity contribution in [3.63, 3.8) is 0 Å². The summed E-state index contributed by atoms with van der Waals surface area (Å²) in [6.07, 6.45) is 0. The number of hydrogen-bond acceptors (Lipinski definition) is 3. The Balaban J connectivity index is 2.08. The minimum atomic E-state index is 0.103. The first kappa shape index (κ1) is 13.4. The molecule has 1 aliphatic rings. The van der Waals surface area contributed by atoms with Crippen molar-refractivity contribution < 1.29 is 4.79 Å². The van der Waals surface area contributed by atoms with Crippen molar-refractivity contribution in [2.45, 2.75) is 33.4 Å². The normalized spacial score (nSPS) is 20.2. The Hall–Kier alpha value is -1.07. The van der Waals surface area contributed by atoms with Gasteiger partial charge in [-0.2, -0.15) is 5.10 Å². The van der Waals surface area contributed by atoms with Crippen LogP contribution in [0.5, 0.6) is 0 Å². The molecule has 1 saturated heterocycles. The average Bonchev–Trinajstić information content (AvgIpc) is 2.57. The molecule has 0 bridgehead atoms. The van der Waals surface area contributed by atoms with E-state index < -0.39 is 0 Å². The maximum absolute atomic E-state index is 12.2. The molecule has 18 heavy (non-hydrogen) atoms. The largest absolute Gasteiger partial charge is 0.336 e. The molecule has 1 atom stereocenters. The van der Waals surface area contributed by atoms with Gasteiger partial charge in [0.15, 0.2) is 0 Å². The van der Waals surface area contributed by atoms with E-state index in [4.69, 9.17) is 11.6 Å². The molecule has 1 aromatic rings. The van der Waals surface area contributed by atoms with E-state index in [0.29, 0.717) is 5.02 Å². The van der Waals surface area contributed by atoms with Gasteiger partial charge in [0.2, 0.25) is 5.91 Å². The fraction of sp³-hybridized carbons (Fsp3) is 0.667. The molecule has 0 aromatic carbocycles. The molecule has 1 amide bonds. The lowest BCUT2D eigenvalue weighted by atomic mass is 10.2. The van der Waals surface area contributed by atoms with Crippen LogP contribution in [0.4, 0.5) is 0 Å². The minimum absolute atomic E-state index is 0.103. The highest BCUT2D eigenvalue weighted by atomic mass is 35.5. The zero-order valence-electron chi connectivity index (χ0n) is 11.0. The van der Waals surface area contributed by atoms with Crippen LogP contribution in [0.25, 0.3) is 0 Å². The molecule has 1 unspecified atom stereocenters. The summed E-state index contributed by atoms with van der Waals surface area (Å²) >= 11 is 6.08. The topological polar surface area (TPSA) is 50.2 Å². The molecule has 2 heterocycles. The number of rotatable bonds is 2. The lowest BCUT2D eigenvalue weighted by molar-refractivity contribution is -0.134. The number of amides is 1. The number of carbonyl (C=O) groups excluding carboxylic acids is 1. The smallest absolute Gasteiger partial charge is 0.244 e. The second-order valence-electron chi connectivity index (χ2n) is 4.78. The number of aryl methyl sites for hydroxylation is 1. The van der Waals surface area contributed by atoms with E-state index in [1.165, 1.54) is 0 Å². The van der Waals surface area contributed by atoms with Crippen LogP contribution in [-0.4, -0.2) is 46.3 Å². The average molecular weight is 271 g/mol. The third kappa shape index (κ3) is 2.52. The van der Waals surface area contributed by atoms with Gasteiger partial charge in [0, 0.05) is 25.7 Å². The van der Waals surface area contributed by atoms with Crippen LogP contribution in [-0.2, 0) is 11.3 Å². The number of nitrogens with zero attached hydrogens (tertiary/aromatic N) is 3. The Kier molecular flexibility index (Phi) is 3.92. The predicted octanol–water partition coefficient (Wildman–Crippen LogP) is 0.974. The molecule has 100 valence electrons. The van der Waals surface area contributed by atoms with Gasteiger partial charge >= 0.3 is 0 Å². The second kappa shape index (κ2) is 5.28. The number of aromatic nitrogens is 2. The first-order chi connectivity index (χ1) is 8.50. The summed E-state index contributed by atoms with van der Waals surface area (Å²) in [6, 6.07) is 0.235. The highest BCUT2D eigenvalue weighted by molar-refractivity contribution is 6.31. The summed E-state index contributed by atoms with van der Waals surface area (Å²) in [5.74, 6) is 0.103. The van der Waals surface area contributed by atoms with E-state index >= 15 is 0 Å². The minimum Gasteiger partial charge on any atom is -0.336 e. The zero-order chi connectivity index (χ0) is 13.3. The third-order valence-electron chi connectivity index (χ3n) is 3.40. The standard InChI is InChI=1S/C12H19ClN4O/c1-8-6-14-4-5-16(8)11(18)7-17-10(3)12(13)9(2)15-17/h8,14H,4-7H2,1-3H3. The molecule has 0 saturated carbocycles. The molecule has 2 rings (SSSR count). The number of hydrogen-bond donors (Lipinski definition) is 1. The van der Waals surface area contributed by atoms with Crippen molar-refractivity contribution in [2.24, 2.45) is 0 Å². The Morgan fingerprint density at radius 1 is 1.56 bits per heavy atom. The van der Waals surface area contributed by atoms with Crippen LogP contribution in [0.2, 0.25) is 5.02 Å². The van der Waals surface area contributed by atoms with Gasteiger partial charge in [0.25, 0.3) is 0 Å². The van der Waals surface area contributed by atoms with E-state index in [2.05, 4.69) is 17.3 Å². The molecule has 0 radical (unpaired) electrons. The second-order valence-corrected chi connectivity index (χ2v) is 5.16. The van der Waals surface area contributed by atoms with Gasteiger partial charge < -0.3 is 10.2 Å². The van der Waals surface area contributed by atoms with Crippen LogP contribution in [0.15, 0.2) is 0 Å². The first-order valence-corrected chi connectivity index (χ1v) is 6.58. The van der Waals surface area contributed by atoms with Gasteiger partial charge in [0.05, 0.1) is 16.4 Å². The predicted molar refractivity (Wildman–Crippen MR) is 70.8 cm³/mol. The van der Waals surface area contributed by atoms with Crippen LogP contribution in [0.3, 0.4) is 0 Å². The fourth-order valence-corrected chi connectivity index (χ4v) is 2.39. The van der Waals surface area contributed by atoms with Crippen molar-refractivity contribution >= 4 is 17.5 Å². The van der Waals surface area contributed by atoms with Crippen LogP contribution in [0.1, 0.15) is 18.3 Å². The Labute approximate surface area is 112 Å². The van der Waals surface area contributed by atoms with Gasteiger partial charge in [0.1, 0.15) is 6.54 Å². The number of nitrogens with one attached hydrogen (secondary N) is 1. The van der Waals surface area contributed by atoms with E-state index in [1.807, 2.05) is 18.7 Å². The molecule has 1 aromatic heterocycles. The lowest BCUT2D eigenvalue weighted by Crippen LogP contribution is -2.53. The van der Waals surface area contributed by atoms with Crippen molar-refractivity contribution in [2.75, 3.05) is 19.6 Å². The first-order valence-electron chi connectivity index (χ1n) is 6.20. The molecule has 1 N–H and O–H groups in total. The maximum atomic E-state index is 12.2. The van der Waals surface area contributed by atoms with E-state index in [-0.39, 0.29) is 18.5 Å². The molecule has 6 heteroatoms.